The zero-order valence-corrected chi connectivity index (χ0v) is 11.2. The largest absolute Gasteiger partial charge is 0.516 e. The highest BCUT2D eigenvalue weighted by atomic mass is 16.7. The molecule has 0 radical (unpaired) electrons. The van der Waals surface area contributed by atoms with E-state index < -0.39 is 18.3 Å². The Morgan fingerprint density at radius 1 is 1.24 bits per heavy atom. The lowest BCUT2D eigenvalue weighted by molar-refractivity contribution is 0.00578. The van der Waals surface area contributed by atoms with Crippen LogP contribution in [-0.4, -0.2) is 30.9 Å². The first-order valence-corrected chi connectivity index (χ1v) is 5.52. The van der Waals surface area contributed by atoms with Crippen LogP contribution in [0.15, 0.2) is 21.8 Å². The van der Waals surface area contributed by atoms with Crippen molar-refractivity contribution in [2.45, 2.75) is 45.8 Å². The van der Waals surface area contributed by atoms with E-state index in [0.29, 0.717) is 11.4 Å². The Hall–Kier alpha value is -1.14. The molecule has 5 nitrogen and oxygen atoms in total. The molecule has 1 aliphatic rings. The van der Waals surface area contributed by atoms with E-state index >= 15 is 0 Å². The molecule has 0 saturated carbocycles. The first-order chi connectivity index (χ1) is 7.69. The molecule has 0 aromatic rings. The first-order valence-electron chi connectivity index (χ1n) is 5.52. The summed E-state index contributed by atoms with van der Waals surface area (Å²) in [5, 5.41) is 0. The Balaban J connectivity index is 2.93. The molecule has 0 aromatic heterocycles. The third kappa shape index (κ3) is 2.95. The van der Waals surface area contributed by atoms with Crippen LogP contribution in [0.1, 0.15) is 34.6 Å². The van der Waals surface area contributed by atoms with Crippen LogP contribution in [0, 0.1) is 0 Å². The van der Waals surface area contributed by atoms with Gasteiger partial charge in [-0.05, 0) is 41.3 Å². The van der Waals surface area contributed by atoms with Crippen LogP contribution in [0.25, 0.3) is 0 Å². The zero-order valence-electron chi connectivity index (χ0n) is 11.2. The summed E-state index contributed by atoms with van der Waals surface area (Å²) in [6.07, 6.45) is 1.52. The van der Waals surface area contributed by atoms with Crippen LogP contribution >= 0.6 is 0 Å². The second-order valence-corrected chi connectivity index (χ2v) is 5.07. The standard InChI is InChI=1S/C11H20BN3O2/c1-8(13)15-7-9(14-6)12-16-10(2,3)11(4,5)17-12/h7H,6H2,1-5H3,(H2,13,15)/b9-7-. The summed E-state index contributed by atoms with van der Waals surface area (Å²) in [4.78, 5) is 7.85. The third-order valence-electron chi connectivity index (χ3n) is 3.08. The minimum absolute atomic E-state index is 0.400. The number of hydrogen-bond acceptors (Lipinski definition) is 4. The number of rotatable bonds is 3. The van der Waals surface area contributed by atoms with Crippen molar-refractivity contribution in [1.29, 1.82) is 0 Å². The average Bonchev–Trinajstić information content (AvgIpc) is 2.36. The van der Waals surface area contributed by atoms with Gasteiger partial charge < -0.3 is 15.0 Å². The fourth-order valence-corrected chi connectivity index (χ4v) is 1.31. The molecule has 1 fully saturated rings. The van der Waals surface area contributed by atoms with Gasteiger partial charge in [0.2, 0.25) is 0 Å². The van der Waals surface area contributed by atoms with Crippen molar-refractivity contribution in [3.63, 3.8) is 0 Å². The van der Waals surface area contributed by atoms with Gasteiger partial charge in [-0.25, -0.2) is 4.99 Å². The van der Waals surface area contributed by atoms with E-state index in [-0.39, 0.29) is 0 Å². The van der Waals surface area contributed by atoms with E-state index in [1.54, 1.807) is 6.92 Å². The highest BCUT2D eigenvalue weighted by molar-refractivity contribution is 6.54. The molecule has 0 atom stereocenters. The van der Waals surface area contributed by atoms with Crippen molar-refractivity contribution in [2.24, 2.45) is 15.7 Å². The fourth-order valence-electron chi connectivity index (χ4n) is 1.31. The maximum Gasteiger partial charge on any atom is 0.516 e. The predicted molar refractivity (Wildman–Crippen MR) is 71.0 cm³/mol. The Morgan fingerprint density at radius 3 is 2.06 bits per heavy atom. The topological polar surface area (TPSA) is 69.2 Å². The summed E-state index contributed by atoms with van der Waals surface area (Å²) >= 11 is 0. The van der Waals surface area contributed by atoms with E-state index in [9.17, 15) is 0 Å². The van der Waals surface area contributed by atoms with Gasteiger partial charge in [0.05, 0.1) is 22.6 Å². The van der Waals surface area contributed by atoms with Gasteiger partial charge in [0, 0.05) is 6.20 Å². The van der Waals surface area contributed by atoms with Gasteiger partial charge in [-0.2, -0.15) is 0 Å². The summed E-state index contributed by atoms with van der Waals surface area (Å²) in [7, 11) is -0.555. The maximum absolute atomic E-state index is 5.82. The molecule has 6 heteroatoms. The molecule has 0 amide bonds. The molecule has 17 heavy (non-hydrogen) atoms. The van der Waals surface area contributed by atoms with Gasteiger partial charge in [-0.3, -0.25) is 4.99 Å². The minimum atomic E-state index is -0.555. The van der Waals surface area contributed by atoms with E-state index in [4.69, 9.17) is 15.0 Å². The summed E-state index contributed by atoms with van der Waals surface area (Å²) in [6.45, 7) is 13.1. The molecule has 94 valence electrons. The number of hydrogen-bond donors (Lipinski definition) is 1. The Kier molecular flexibility index (Phi) is 3.79. The predicted octanol–water partition coefficient (Wildman–Crippen LogP) is 1.54. The second kappa shape index (κ2) is 4.62. The van der Waals surface area contributed by atoms with Crippen LogP contribution < -0.4 is 5.73 Å². The zero-order chi connectivity index (χ0) is 13.3. The first kappa shape index (κ1) is 13.9. The summed E-state index contributed by atoms with van der Waals surface area (Å²) in [5.41, 5.74) is 5.18. The van der Waals surface area contributed by atoms with E-state index in [1.165, 1.54) is 6.20 Å². The van der Waals surface area contributed by atoms with Crippen molar-refractivity contribution < 1.29 is 9.31 Å². The molecule has 1 heterocycles. The van der Waals surface area contributed by atoms with Gasteiger partial charge in [-0.15, -0.1) is 0 Å². The monoisotopic (exact) mass is 237 g/mol. The molecule has 0 aliphatic carbocycles. The fraction of sp³-hybridized carbons (Fsp3) is 0.636. The summed E-state index contributed by atoms with van der Waals surface area (Å²) in [5.74, 6) is 0.447. The highest BCUT2D eigenvalue weighted by Crippen LogP contribution is 2.38. The van der Waals surface area contributed by atoms with Crippen molar-refractivity contribution in [3.8, 4) is 0 Å². The van der Waals surface area contributed by atoms with E-state index in [0.717, 1.165) is 0 Å². The second-order valence-electron chi connectivity index (χ2n) is 5.07. The average molecular weight is 237 g/mol. The Labute approximate surface area is 103 Å². The molecule has 2 N–H and O–H groups in total. The number of nitrogens with two attached hydrogens (primary N) is 1. The maximum atomic E-state index is 5.82. The van der Waals surface area contributed by atoms with Crippen LogP contribution in [0.4, 0.5) is 0 Å². The minimum Gasteiger partial charge on any atom is -0.398 e. The molecule has 1 rings (SSSR count). The van der Waals surface area contributed by atoms with Gasteiger partial charge in [-0.1, -0.05) is 0 Å². The molecule has 0 unspecified atom stereocenters. The molecular weight excluding hydrogens is 217 g/mol. The molecule has 0 bridgehead atoms. The summed E-state index contributed by atoms with van der Waals surface area (Å²) in [6, 6.07) is 0. The van der Waals surface area contributed by atoms with Gasteiger partial charge in [0.25, 0.3) is 0 Å². The lowest BCUT2D eigenvalue weighted by atomic mass is 9.85. The van der Waals surface area contributed by atoms with Crippen LogP contribution in [0.5, 0.6) is 0 Å². The Morgan fingerprint density at radius 2 is 1.71 bits per heavy atom. The molecular formula is C11H20BN3O2. The lowest BCUT2D eigenvalue weighted by Gasteiger charge is -2.32. The highest BCUT2D eigenvalue weighted by Gasteiger charge is 2.52. The van der Waals surface area contributed by atoms with E-state index in [1.807, 2.05) is 27.7 Å². The number of aliphatic imine (C=N–C) groups is 2. The van der Waals surface area contributed by atoms with Gasteiger partial charge >= 0.3 is 7.12 Å². The van der Waals surface area contributed by atoms with Crippen LogP contribution in [0.2, 0.25) is 0 Å². The molecule has 0 spiro atoms. The number of amidine groups is 1. The smallest absolute Gasteiger partial charge is 0.398 e. The normalized spacial score (nSPS) is 23.9. The quantitative estimate of drug-likeness (QED) is 0.459. The van der Waals surface area contributed by atoms with Crippen LogP contribution in [-0.2, 0) is 9.31 Å². The number of nitrogens with zero attached hydrogens (tertiary/aromatic N) is 2. The summed E-state index contributed by atoms with van der Waals surface area (Å²) < 4.78 is 11.6. The SMILES string of the molecule is C=N/C(=C\N=C(C)N)B1OC(C)(C)C(C)(C)O1. The molecule has 1 saturated heterocycles. The van der Waals surface area contributed by atoms with Crippen LogP contribution in [0.3, 0.4) is 0 Å². The van der Waals surface area contributed by atoms with E-state index in [2.05, 4.69) is 16.7 Å². The van der Waals surface area contributed by atoms with Crippen molar-refractivity contribution in [1.82, 2.24) is 0 Å². The van der Waals surface area contributed by atoms with Gasteiger partial charge in [0.15, 0.2) is 0 Å². The lowest BCUT2D eigenvalue weighted by Crippen LogP contribution is -2.41. The third-order valence-corrected chi connectivity index (χ3v) is 3.08. The van der Waals surface area contributed by atoms with Crippen molar-refractivity contribution >= 4 is 19.7 Å². The molecule has 1 aliphatic heterocycles. The Bertz CT molecular complexity index is 355. The molecule has 0 aromatic carbocycles. The van der Waals surface area contributed by atoms with Gasteiger partial charge in [0.1, 0.15) is 0 Å². The van der Waals surface area contributed by atoms with Crippen molar-refractivity contribution in [3.05, 3.63) is 11.8 Å². The van der Waals surface area contributed by atoms with Crippen molar-refractivity contribution in [2.75, 3.05) is 0 Å².